The molecule has 0 radical (unpaired) electrons. The monoisotopic (exact) mass is 654 g/mol. The fraction of sp³-hybridized carbons (Fsp3) is 0.667. The van der Waals surface area contributed by atoms with Crippen LogP contribution >= 0.6 is 0 Å². The molecule has 0 aromatic carbocycles. The average molecular weight is 655 g/mol. The third kappa shape index (κ3) is 18.4. The number of aliphatic hydroxyl groups excluding tert-OH is 1. The van der Waals surface area contributed by atoms with Gasteiger partial charge in [0.1, 0.15) is 12.7 Å². The molecule has 1 aliphatic rings. The van der Waals surface area contributed by atoms with E-state index in [1.807, 2.05) is 0 Å². The number of carbonyl (C=O) groups is 5. The van der Waals surface area contributed by atoms with E-state index in [4.69, 9.17) is 33.2 Å². The predicted molar refractivity (Wildman–Crippen MR) is 165 cm³/mol. The van der Waals surface area contributed by atoms with Crippen molar-refractivity contribution in [3.05, 3.63) is 36.5 Å². The molecule has 0 spiro atoms. The lowest BCUT2D eigenvalue weighted by Crippen LogP contribution is -2.47. The van der Waals surface area contributed by atoms with Crippen molar-refractivity contribution in [3.8, 4) is 0 Å². The minimum atomic E-state index is -1.06. The van der Waals surface area contributed by atoms with Crippen molar-refractivity contribution in [2.45, 2.75) is 110 Å². The van der Waals surface area contributed by atoms with Crippen LogP contribution < -0.4 is 0 Å². The smallest absolute Gasteiger partial charge is 0.333 e. The van der Waals surface area contributed by atoms with Gasteiger partial charge in [0.05, 0.1) is 32.5 Å². The van der Waals surface area contributed by atoms with Crippen LogP contribution in [0.2, 0.25) is 0 Å². The Bertz CT molecular complexity index is 1050. The Hall–Kier alpha value is -3.55. The van der Waals surface area contributed by atoms with Gasteiger partial charge in [-0.15, -0.1) is 0 Å². The third-order valence-electron chi connectivity index (χ3n) is 6.59. The highest BCUT2D eigenvalue weighted by Gasteiger charge is 2.37. The fourth-order valence-electron chi connectivity index (χ4n) is 3.91. The zero-order valence-corrected chi connectivity index (χ0v) is 27.4. The van der Waals surface area contributed by atoms with Crippen molar-refractivity contribution < 1.29 is 62.2 Å². The zero-order chi connectivity index (χ0) is 34.5. The molecule has 1 rings (SSSR count). The second-order valence-corrected chi connectivity index (χ2v) is 11.2. The van der Waals surface area contributed by atoms with Gasteiger partial charge in [0, 0.05) is 36.8 Å². The second-order valence-electron chi connectivity index (χ2n) is 11.2. The van der Waals surface area contributed by atoms with Crippen LogP contribution in [-0.4, -0.2) is 92.6 Å². The van der Waals surface area contributed by atoms with E-state index in [-0.39, 0.29) is 58.7 Å². The SMILES string of the molecule is C=C(C)C(=O)OCCCCC(=O)OCC1C[C@H](OC(=O)CCCCOC(O)C(=C)C)[C@H](OC(=O)CCCCOC(=O)C(=C)C)CO1. The summed E-state index contributed by atoms with van der Waals surface area (Å²) in [6.45, 7) is 15.8. The van der Waals surface area contributed by atoms with Crippen LogP contribution in [0.4, 0.5) is 0 Å². The lowest BCUT2D eigenvalue weighted by molar-refractivity contribution is -0.194. The van der Waals surface area contributed by atoms with Crippen LogP contribution in [0.1, 0.15) is 85.0 Å². The second kappa shape index (κ2) is 22.9. The number of carbonyl (C=O) groups excluding carboxylic acids is 5. The molecule has 4 atom stereocenters. The first-order chi connectivity index (χ1) is 21.8. The molecular formula is C33H50O13. The van der Waals surface area contributed by atoms with Gasteiger partial charge in [-0.05, 0) is 64.9 Å². The van der Waals surface area contributed by atoms with Gasteiger partial charge in [0.2, 0.25) is 0 Å². The molecule has 0 amide bonds. The average Bonchev–Trinajstić information content (AvgIpc) is 2.99. The number of unbranched alkanes of at least 4 members (excludes halogenated alkanes) is 3. The highest BCUT2D eigenvalue weighted by Crippen LogP contribution is 2.23. The molecule has 0 saturated carbocycles. The van der Waals surface area contributed by atoms with E-state index >= 15 is 0 Å². The van der Waals surface area contributed by atoms with E-state index in [1.54, 1.807) is 20.8 Å². The Morgan fingerprint density at radius 2 is 1.17 bits per heavy atom. The summed E-state index contributed by atoms with van der Waals surface area (Å²) >= 11 is 0. The van der Waals surface area contributed by atoms with Crippen LogP contribution in [-0.2, 0) is 57.1 Å². The molecule has 0 aromatic heterocycles. The Morgan fingerprint density at radius 1 is 0.696 bits per heavy atom. The minimum absolute atomic E-state index is 0.0608. The highest BCUT2D eigenvalue weighted by atomic mass is 16.6. The van der Waals surface area contributed by atoms with Gasteiger partial charge in [0.15, 0.2) is 12.4 Å². The number of aliphatic hydroxyl groups is 1. The maximum atomic E-state index is 12.6. The summed E-state index contributed by atoms with van der Waals surface area (Å²) in [7, 11) is 0. The summed E-state index contributed by atoms with van der Waals surface area (Å²) in [5.74, 6) is -2.45. The predicted octanol–water partition coefficient (Wildman–Crippen LogP) is 3.80. The van der Waals surface area contributed by atoms with Crippen molar-refractivity contribution in [3.63, 3.8) is 0 Å². The third-order valence-corrected chi connectivity index (χ3v) is 6.59. The number of hydrogen-bond acceptors (Lipinski definition) is 13. The van der Waals surface area contributed by atoms with Gasteiger partial charge in [-0.2, -0.15) is 0 Å². The summed E-state index contributed by atoms with van der Waals surface area (Å²) in [5.41, 5.74) is 1.07. The Labute approximate surface area is 271 Å². The molecule has 1 heterocycles. The van der Waals surface area contributed by atoms with E-state index in [2.05, 4.69) is 19.7 Å². The van der Waals surface area contributed by atoms with Crippen LogP contribution in [0, 0.1) is 0 Å². The molecule has 0 bridgehead atoms. The van der Waals surface area contributed by atoms with Gasteiger partial charge >= 0.3 is 29.8 Å². The largest absolute Gasteiger partial charge is 0.463 e. The van der Waals surface area contributed by atoms with Crippen molar-refractivity contribution in [1.29, 1.82) is 0 Å². The molecule has 13 heteroatoms. The molecular weight excluding hydrogens is 604 g/mol. The first-order valence-electron chi connectivity index (χ1n) is 15.6. The van der Waals surface area contributed by atoms with Crippen LogP contribution in [0.5, 0.6) is 0 Å². The lowest BCUT2D eigenvalue weighted by Gasteiger charge is -2.35. The van der Waals surface area contributed by atoms with E-state index in [0.717, 1.165) is 0 Å². The molecule has 46 heavy (non-hydrogen) atoms. The molecule has 0 aliphatic carbocycles. The number of hydrogen-bond donors (Lipinski definition) is 1. The zero-order valence-electron chi connectivity index (χ0n) is 27.4. The standard InChI is InChI=1S/C33H50O13/c1-22(2)31(37)40-16-10-7-13-28(34)44-20-25-19-26(45-29(35)14-8-11-17-41-32(38)23(3)4)27(21-43-25)46-30(36)15-9-12-18-42-33(39)24(5)6/h25-27,32,38H,1,3,5,7-21H2,2,4,6H3/t25?,26-,27+,32?/m0/s1. The van der Waals surface area contributed by atoms with Gasteiger partial charge in [-0.25, -0.2) is 9.59 Å². The lowest BCUT2D eigenvalue weighted by atomic mass is 10.0. The molecule has 260 valence electrons. The molecule has 1 N–H and O–H groups in total. The van der Waals surface area contributed by atoms with E-state index in [1.165, 1.54) is 0 Å². The maximum absolute atomic E-state index is 12.6. The molecule has 1 saturated heterocycles. The van der Waals surface area contributed by atoms with Gasteiger partial charge in [-0.1, -0.05) is 19.7 Å². The summed E-state index contributed by atoms with van der Waals surface area (Å²) in [5, 5.41) is 9.64. The first-order valence-corrected chi connectivity index (χ1v) is 15.6. The summed E-state index contributed by atoms with van der Waals surface area (Å²) in [4.78, 5) is 60.2. The number of ether oxygens (including phenoxy) is 7. The molecule has 1 aliphatic heterocycles. The van der Waals surface area contributed by atoms with E-state index in [0.29, 0.717) is 55.2 Å². The van der Waals surface area contributed by atoms with Gasteiger partial charge in [0.25, 0.3) is 0 Å². The number of rotatable bonds is 23. The van der Waals surface area contributed by atoms with Crippen LogP contribution in [0.15, 0.2) is 36.5 Å². The molecule has 0 aromatic rings. The maximum Gasteiger partial charge on any atom is 0.333 e. The Morgan fingerprint density at radius 3 is 1.67 bits per heavy atom. The van der Waals surface area contributed by atoms with Gasteiger partial charge < -0.3 is 38.3 Å². The summed E-state index contributed by atoms with van der Waals surface area (Å²) in [6.07, 6.45) is -0.184. The molecule has 2 unspecified atom stereocenters. The minimum Gasteiger partial charge on any atom is -0.463 e. The van der Waals surface area contributed by atoms with Crippen LogP contribution in [0.25, 0.3) is 0 Å². The molecule has 13 nitrogen and oxygen atoms in total. The Balaban J connectivity index is 2.57. The van der Waals surface area contributed by atoms with Gasteiger partial charge in [-0.3, -0.25) is 14.4 Å². The van der Waals surface area contributed by atoms with E-state index < -0.39 is 54.4 Å². The normalized spacial score (nSPS) is 18.0. The number of esters is 5. The fourth-order valence-corrected chi connectivity index (χ4v) is 3.91. The van der Waals surface area contributed by atoms with Crippen molar-refractivity contribution in [1.82, 2.24) is 0 Å². The first kappa shape index (κ1) is 40.5. The van der Waals surface area contributed by atoms with Crippen LogP contribution in [0.3, 0.4) is 0 Å². The Kier molecular flexibility index (Phi) is 20.1. The quantitative estimate of drug-likeness (QED) is 0.0422. The van der Waals surface area contributed by atoms with Crippen molar-refractivity contribution in [2.75, 3.05) is 33.0 Å². The van der Waals surface area contributed by atoms with Crippen molar-refractivity contribution >= 4 is 29.8 Å². The summed E-state index contributed by atoms with van der Waals surface area (Å²) in [6, 6.07) is 0. The highest BCUT2D eigenvalue weighted by molar-refractivity contribution is 5.87. The van der Waals surface area contributed by atoms with E-state index in [9.17, 15) is 29.1 Å². The van der Waals surface area contributed by atoms with Crippen molar-refractivity contribution in [2.24, 2.45) is 0 Å². The molecule has 1 fully saturated rings. The topological polar surface area (TPSA) is 170 Å². The summed E-state index contributed by atoms with van der Waals surface area (Å²) < 4.78 is 37.6.